The number of esters is 1. The predicted molar refractivity (Wildman–Crippen MR) is 112 cm³/mol. The molecular formula is C23H15BrFNO3. The first-order valence-electron chi connectivity index (χ1n) is 8.83. The quantitative estimate of drug-likeness (QED) is 0.379. The number of halogens is 2. The molecule has 4 nitrogen and oxygen atoms in total. The van der Waals surface area contributed by atoms with Gasteiger partial charge in [-0.05, 0) is 59.7 Å². The van der Waals surface area contributed by atoms with E-state index in [2.05, 4.69) is 20.9 Å². The zero-order chi connectivity index (χ0) is 20.2. The molecule has 0 atom stereocenters. The van der Waals surface area contributed by atoms with E-state index < -0.39 is 5.97 Å². The molecule has 0 N–H and O–H groups in total. The Kier molecular flexibility index (Phi) is 5.53. The lowest BCUT2D eigenvalue weighted by molar-refractivity contribution is -0.129. The molecule has 0 spiro atoms. The van der Waals surface area contributed by atoms with Crippen molar-refractivity contribution in [3.8, 4) is 5.75 Å². The molecule has 3 aromatic carbocycles. The van der Waals surface area contributed by atoms with Crippen molar-refractivity contribution in [1.29, 1.82) is 0 Å². The standard InChI is InChI=1S/C23H15BrFNO3/c24-18-5-2-4-17(13-18)22-26-21(23(27)29-22)12-15-7-9-20(10-8-15)28-14-16-3-1-6-19(25)11-16/h1-13H,14H2. The van der Waals surface area contributed by atoms with Crippen molar-refractivity contribution in [1.82, 2.24) is 0 Å². The van der Waals surface area contributed by atoms with E-state index in [1.807, 2.05) is 36.4 Å². The number of aliphatic imine (C=N–C) groups is 1. The summed E-state index contributed by atoms with van der Waals surface area (Å²) in [5.74, 6) is 0.132. The second-order valence-electron chi connectivity index (χ2n) is 6.33. The minimum absolute atomic E-state index is 0.230. The van der Waals surface area contributed by atoms with Crippen LogP contribution in [0.2, 0.25) is 0 Å². The van der Waals surface area contributed by atoms with Gasteiger partial charge in [0.05, 0.1) is 0 Å². The van der Waals surface area contributed by atoms with Gasteiger partial charge in [0.2, 0.25) is 5.90 Å². The fourth-order valence-corrected chi connectivity index (χ4v) is 3.16. The van der Waals surface area contributed by atoms with Crippen LogP contribution < -0.4 is 4.74 Å². The van der Waals surface area contributed by atoms with Gasteiger partial charge in [0, 0.05) is 10.0 Å². The van der Waals surface area contributed by atoms with Crippen LogP contribution in [-0.2, 0) is 16.1 Å². The number of nitrogens with zero attached hydrogens (tertiary/aromatic N) is 1. The van der Waals surface area contributed by atoms with Gasteiger partial charge in [-0.15, -0.1) is 0 Å². The van der Waals surface area contributed by atoms with E-state index in [9.17, 15) is 9.18 Å². The van der Waals surface area contributed by atoms with Crippen LogP contribution in [0.25, 0.3) is 6.08 Å². The molecule has 0 radical (unpaired) electrons. The summed E-state index contributed by atoms with van der Waals surface area (Å²) < 4.78 is 25.0. The van der Waals surface area contributed by atoms with Gasteiger partial charge in [0.25, 0.3) is 0 Å². The molecule has 0 aromatic heterocycles. The molecule has 0 fully saturated rings. The molecule has 1 aliphatic heterocycles. The highest BCUT2D eigenvalue weighted by Crippen LogP contribution is 2.22. The van der Waals surface area contributed by atoms with E-state index in [0.29, 0.717) is 5.75 Å². The van der Waals surface area contributed by atoms with E-state index in [-0.39, 0.29) is 24.0 Å². The second-order valence-corrected chi connectivity index (χ2v) is 7.25. The largest absolute Gasteiger partial charge is 0.489 e. The number of carbonyl (C=O) groups is 1. The van der Waals surface area contributed by atoms with Crippen LogP contribution >= 0.6 is 15.9 Å². The average Bonchev–Trinajstić information content (AvgIpc) is 3.08. The lowest BCUT2D eigenvalue weighted by Gasteiger charge is -2.06. The van der Waals surface area contributed by atoms with Crippen molar-refractivity contribution in [2.75, 3.05) is 0 Å². The zero-order valence-electron chi connectivity index (χ0n) is 15.1. The lowest BCUT2D eigenvalue weighted by Crippen LogP contribution is -2.05. The summed E-state index contributed by atoms with van der Waals surface area (Å²) in [6.45, 7) is 0.269. The summed E-state index contributed by atoms with van der Waals surface area (Å²) in [6.07, 6.45) is 1.66. The number of cyclic esters (lactones) is 1. The molecule has 0 saturated heterocycles. The third-order valence-electron chi connectivity index (χ3n) is 4.17. The Bertz CT molecular complexity index is 1120. The van der Waals surface area contributed by atoms with Crippen LogP contribution in [0.1, 0.15) is 16.7 Å². The van der Waals surface area contributed by atoms with E-state index in [1.54, 1.807) is 30.3 Å². The van der Waals surface area contributed by atoms with Crippen LogP contribution in [-0.4, -0.2) is 11.9 Å². The number of carbonyl (C=O) groups excluding carboxylic acids is 1. The molecular weight excluding hydrogens is 437 g/mol. The molecule has 144 valence electrons. The van der Waals surface area contributed by atoms with Crippen LogP contribution in [0.5, 0.6) is 5.75 Å². The Labute approximate surface area is 175 Å². The van der Waals surface area contributed by atoms with Gasteiger partial charge in [-0.25, -0.2) is 14.2 Å². The first kappa shape index (κ1) is 19.1. The van der Waals surface area contributed by atoms with Gasteiger partial charge in [-0.1, -0.05) is 46.3 Å². The summed E-state index contributed by atoms with van der Waals surface area (Å²) >= 11 is 3.39. The highest BCUT2D eigenvalue weighted by atomic mass is 79.9. The first-order valence-corrected chi connectivity index (χ1v) is 9.62. The summed E-state index contributed by atoms with van der Waals surface area (Å²) in [7, 11) is 0. The van der Waals surface area contributed by atoms with E-state index in [4.69, 9.17) is 9.47 Å². The Morgan fingerprint density at radius 3 is 2.59 bits per heavy atom. The maximum Gasteiger partial charge on any atom is 0.363 e. The third kappa shape index (κ3) is 4.78. The molecule has 1 aliphatic rings. The number of benzene rings is 3. The molecule has 6 heteroatoms. The van der Waals surface area contributed by atoms with Crippen molar-refractivity contribution >= 4 is 33.9 Å². The van der Waals surface area contributed by atoms with Crippen LogP contribution in [0.15, 0.2) is 88.0 Å². The molecule has 1 heterocycles. The SMILES string of the molecule is O=C1OC(c2cccc(Br)c2)=NC1=Cc1ccc(OCc2cccc(F)c2)cc1. The van der Waals surface area contributed by atoms with Crippen LogP contribution in [0, 0.1) is 5.82 Å². The predicted octanol–water partition coefficient (Wildman–Crippen LogP) is 5.51. The monoisotopic (exact) mass is 451 g/mol. The number of hydrogen-bond acceptors (Lipinski definition) is 4. The maximum absolute atomic E-state index is 13.2. The van der Waals surface area contributed by atoms with Crippen molar-refractivity contribution in [2.45, 2.75) is 6.61 Å². The van der Waals surface area contributed by atoms with Crippen LogP contribution in [0.3, 0.4) is 0 Å². The number of rotatable bonds is 5. The molecule has 4 rings (SSSR count). The van der Waals surface area contributed by atoms with Crippen LogP contribution in [0.4, 0.5) is 4.39 Å². The topological polar surface area (TPSA) is 47.9 Å². The average molecular weight is 452 g/mol. The Hall–Kier alpha value is -3.25. The van der Waals surface area contributed by atoms with E-state index >= 15 is 0 Å². The highest BCUT2D eigenvalue weighted by molar-refractivity contribution is 9.10. The molecule has 0 aliphatic carbocycles. The molecule has 3 aromatic rings. The van der Waals surface area contributed by atoms with Gasteiger partial charge in [-0.2, -0.15) is 0 Å². The molecule has 0 amide bonds. The minimum Gasteiger partial charge on any atom is -0.489 e. The Balaban J connectivity index is 1.46. The summed E-state index contributed by atoms with van der Waals surface area (Å²) in [6, 6.07) is 20.9. The highest BCUT2D eigenvalue weighted by Gasteiger charge is 2.24. The fraction of sp³-hybridized carbons (Fsp3) is 0.0435. The smallest absolute Gasteiger partial charge is 0.363 e. The van der Waals surface area contributed by atoms with Crippen molar-refractivity contribution in [3.63, 3.8) is 0 Å². The Morgan fingerprint density at radius 1 is 1.03 bits per heavy atom. The van der Waals surface area contributed by atoms with Crippen molar-refractivity contribution in [2.24, 2.45) is 4.99 Å². The number of ether oxygens (including phenoxy) is 2. The fourth-order valence-electron chi connectivity index (χ4n) is 2.77. The second kappa shape index (κ2) is 8.41. The first-order chi connectivity index (χ1) is 14.1. The van der Waals surface area contributed by atoms with Crippen molar-refractivity contribution < 1.29 is 18.7 Å². The Morgan fingerprint density at radius 2 is 1.83 bits per heavy atom. The van der Waals surface area contributed by atoms with Gasteiger partial charge >= 0.3 is 5.97 Å². The van der Waals surface area contributed by atoms with Crippen molar-refractivity contribution in [3.05, 3.63) is 105 Å². The van der Waals surface area contributed by atoms with Gasteiger partial charge < -0.3 is 9.47 Å². The molecule has 29 heavy (non-hydrogen) atoms. The zero-order valence-corrected chi connectivity index (χ0v) is 16.7. The molecule has 0 unspecified atom stereocenters. The van der Waals surface area contributed by atoms with E-state index in [0.717, 1.165) is 21.2 Å². The van der Waals surface area contributed by atoms with Gasteiger partial charge in [0.15, 0.2) is 5.70 Å². The summed E-state index contributed by atoms with van der Waals surface area (Å²) in [5, 5.41) is 0. The summed E-state index contributed by atoms with van der Waals surface area (Å²) in [5.41, 5.74) is 2.49. The van der Waals surface area contributed by atoms with E-state index in [1.165, 1.54) is 12.1 Å². The third-order valence-corrected chi connectivity index (χ3v) is 4.66. The summed E-state index contributed by atoms with van der Waals surface area (Å²) in [4.78, 5) is 16.4. The van der Waals surface area contributed by atoms with Gasteiger partial charge in [-0.3, -0.25) is 0 Å². The number of hydrogen-bond donors (Lipinski definition) is 0. The minimum atomic E-state index is -0.494. The normalized spacial score (nSPS) is 14.6. The maximum atomic E-state index is 13.2. The molecule has 0 bridgehead atoms. The lowest BCUT2D eigenvalue weighted by atomic mass is 10.2. The van der Waals surface area contributed by atoms with Gasteiger partial charge in [0.1, 0.15) is 18.2 Å². The molecule has 0 saturated carbocycles.